The van der Waals surface area contributed by atoms with Crippen molar-refractivity contribution in [1.29, 1.82) is 5.53 Å². The van der Waals surface area contributed by atoms with Crippen LogP contribution in [0.4, 0.5) is 11.5 Å². The van der Waals surface area contributed by atoms with Gasteiger partial charge in [0.2, 0.25) is 0 Å². The highest BCUT2D eigenvalue weighted by molar-refractivity contribution is 6.30. The van der Waals surface area contributed by atoms with Crippen molar-refractivity contribution >= 4 is 45.5 Å². The van der Waals surface area contributed by atoms with Crippen molar-refractivity contribution in [3.63, 3.8) is 0 Å². The molecule has 0 aliphatic carbocycles. The number of hydrogen-bond acceptors (Lipinski definition) is 4. The van der Waals surface area contributed by atoms with Crippen LogP contribution in [0.2, 0.25) is 5.02 Å². The van der Waals surface area contributed by atoms with E-state index in [4.69, 9.17) is 27.8 Å². The molecule has 7 nitrogen and oxygen atoms in total. The third-order valence-electron chi connectivity index (χ3n) is 4.00. The second-order valence-corrected chi connectivity index (χ2v) is 6.08. The lowest BCUT2D eigenvalue weighted by Gasteiger charge is -2.11. The van der Waals surface area contributed by atoms with Crippen LogP contribution in [0.15, 0.2) is 71.1 Å². The lowest BCUT2D eigenvalue weighted by Crippen LogP contribution is -2.12. The molecule has 2 aromatic carbocycles. The van der Waals surface area contributed by atoms with E-state index in [0.717, 1.165) is 22.2 Å². The molecule has 0 radical (unpaired) electrons. The molecule has 0 atom stereocenters. The lowest BCUT2D eigenvalue weighted by atomic mass is 10.1. The normalized spacial score (nSPS) is 11.8. The van der Waals surface area contributed by atoms with Gasteiger partial charge in [0, 0.05) is 22.5 Å². The predicted octanol–water partition coefficient (Wildman–Crippen LogP) is 4.54. The lowest BCUT2D eigenvalue weighted by molar-refractivity contribution is 0.986. The first-order valence-electron chi connectivity index (χ1n) is 7.79. The van der Waals surface area contributed by atoms with E-state index in [0.29, 0.717) is 16.4 Å². The Kier molecular flexibility index (Phi) is 3.98. The molecule has 0 bridgehead atoms. The number of nitrogens with one attached hydrogen (secondary N) is 2. The van der Waals surface area contributed by atoms with Gasteiger partial charge in [0.1, 0.15) is 0 Å². The summed E-state index contributed by atoms with van der Waals surface area (Å²) in [7, 11) is 0. The van der Waals surface area contributed by atoms with Gasteiger partial charge in [0.05, 0.1) is 16.6 Å². The van der Waals surface area contributed by atoms with Crippen LogP contribution in [0.1, 0.15) is 5.56 Å². The van der Waals surface area contributed by atoms with E-state index >= 15 is 0 Å². The second kappa shape index (κ2) is 6.45. The number of fused-ring (bicyclic) bond motifs is 3. The van der Waals surface area contributed by atoms with E-state index in [2.05, 4.69) is 15.6 Å². The fraction of sp³-hybridized carbons (Fsp3) is 0. The minimum atomic E-state index is 0.167. The molecule has 2 aromatic heterocycles. The molecule has 0 fully saturated rings. The molecule has 0 spiro atoms. The highest BCUT2D eigenvalue weighted by Gasteiger charge is 2.10. The first-order chi connectivity index (χ1) is 12.7. The van der Waals surface area contributed by atoms with Crippen LogP contribution in [-0.4, -0.2) is 15.2 Å². The minimum Gasteiger partial charge on any atom is -0.382 e. The quantitative estimate of drug-likeness (QED) is 0.214. The van der Waals surface area contributed by atoms with Gasteiger partial charge in [0.15, 0.2) is 11.7 Å². The summed E-state index contributed by atoms with van der Waals surface area (Å²) in [6, 6.07) is 17.0. The van der Waals surface area contributed by atoms with E-state index < -0.39 is 0 Å². The SMILES string of the molecule is N=N/N=C(\N)c1ccc2c(c1)nc(Nc1cccc(Cl)c1)c1cccn12. The fourth-order valence-corrected chi connectivity index (χ4v) is 3.03. The zero-order valence-corrected chi connectivity index (χ0v) is 14.3. The number of rotatable bonds is 4. The monoisotopic (exact) mass is 363 g/mol. The van der Waals surface area contributed by atoms with Crippen molar-refractivity contribution in [3.05, 3.63) is 71.4 Å². The number of nitrogens with zero attached hydrogens (tertiary/aromatic N) is 4. The number of benzene rings is 2. The zero-order chi connectivity index (χ0) is 18.1. The Labute approximate surface area is 153 Å². The predicted molar refractivity (Wildman–Crippen MR) is 103 cm³/mol. The Bertz CT molecular complexity index is 1160. The van der Waals surface area contributed by atoms with Crippen molar-refractivity contribution < 1.29 is 0 Å². The largest absolute Gasteiger partial charge is 0.382 e. The standard InChI is InChI=1S/C18H14ClN7/c19-12-3-1-4-13(10-12)22-18-16-5-2-8-26(16)15-7-6-11(9-14(15)23-18)17(20)24-25-21/h1-10H,(H,22,23)(H3,20,21,24). The summed E-state index contributed by atoms with van der Waals surface area (Å²) in [6.07, 6.45) is 1.97. The van der Waals surface area contributed by atoms with Crippen molar-refractivity contribution in [2.24, 2.45) is 16.1 Å². The Morgan fingerprint density at radius 2 is 2.00 bits per heavy atom. The number of amidine groups is 1. The summed E-state index contributed by atoms with van der Waals surface area (Å²) in [5, 5.41) is 10.5. The molecule has 2 heterocycles. The Morgan fingerprint density at radius 1 is 1.12 bits per heavy atom. The maximum Gasteiger partial charge on any atom is 0.155 e. The molecular weight excluding hydrogens is 350 g/mol. The Hall–Kier alpha value is -3.45. The fourth-order valence-electron chi connectivity index (χ4n) is 2.84. The third-order valence-corrected chi connectivity index (χ3v) is 4.23. The van der Waals surface area contributed by atoms with E-state index in [1.807, 2.05) is 65.2 Å². The van der Waals surface area contributed by atoms with E-state index in [1.165, 1.54) is 0 Å². The highest BCUT2D eigenvalue weighted by atomic mass is 35.5. The number of anilines is 2. The van der Waals surface area contributed by atoms with E-state index in [1.54, 1.807) is 0 Å². The van der Waals surface area contributed by atoms with Gasteiger partial charge >= 0.3 is 0 Å². The summed E-state index contributed by atoms with van der Waals surface area (Å²) in [5.41, 5.74) is 16.8. The van der Waals surface area contributed by atoms with Gasteiger partial charge in [-0.2, -0.15) is 5.53 Å². The number of hydrogen-bond donors (Lipinski definition) is 3. The third kappa shape index (κ3) is 2.84. The van der Waals surface area contributed by atoms with Crippen LogP contribution in [-0.2, 0) is 0 Å². The molecule has 0 amide bonds. The van der Waals surface area contributed by atoms with Crippen LogP contribution < -0.4 is 11.1 Å². The van der Waals surface area contributed by atoms with E-state index in [-0.39, 0.29) is 5.84 Å². The molecule has 0 unspecified atom stereocenters. The smallest absolute Gasteiger partial charge is 0.155 e. The van der Waals surface area contributed by atoms with Crippen LogP contribution in [0, 0.1) is 5.53 Å². The van der Waals surface area contributed by atoms with Gasteiger partial charge in [-0.15, -0.1) is 5.10 Å². The molecule has 4 aromatic rings. The molecule has 4 rings (SSSR count). The Balaban J connectivity index is 1.89. The first kappa shape index (κ1) is 16.0. The van der Waals surface area contributed by atoms with Crippen molar-refractivity contribution in [3.8, 4) is 0 Å². The van der Waals surface area contributed by atoms with Gasteiger partial charge in [-0.3, -0.25) is 0 Å². The average molecular weight is 364 g/mol. The Morgan fingerprint density at radius 3 is 2.81 bits per heavy atom. The molecule has 0 aliphatic rings. The van der Waals surface area contributed by atoms with E-state index in [9.17, 15) is 0 Å². The molecule has 0 aliphatic heterocycles. The van der Waals surface area contributed by atoms with Crippen molar-refractivity contribution in [1.82, 2.24) is 9.38 Å². The number of nitrogens with two attached hydrogens (primary N) is 1. The van der Waals surface area contributed by atoms with Crippen molar-refractivity contribution in [2.45, 2.75) is 0 Å². The topological polar surface area (TPSA) is 104 Å². The van der Waals surface area contributed by atoms with Gasteiger partial charge in [-0.05, 0) is 48.5 Å². The molecule has 0 saturated heterocycles. The number of aromatic nitrogens is 2. The maximum absolute atomic E-state index is 6.83. The van der Waals surface area contributed by atoms with Gasteiger partial charge in [-0.1, -0.05) is 22.9 Å². The van der Waals surface area contributed by atoms with Crippen LogP contribution in [0.3, 0.4) is 0 Å². The molecule has 0 saturated carbocycles. The highest BCUT2D eigenvalue weighted by Crippen LogP contribution is 2.26. The number of halogens is 1. The molecule has 8 heteroatoms. The first-order valence-corrected chi connectivity index (χ1v) is 8.17. The molecular formula is C18H14ClN7. The van der Waals surface area contributed by atoms with Crippen LogP contribution >= 0.6 is 11.6 Å². The van der Waals surface area contributed by atoms with Crippen molar-refractivity contribution in [2.75, 3.05) is 5.32 Å². The zero-order valence-electron chi connectivity index (χ0n) is 13.5. The van der Waals surface area contributed by atoms with Gasteiger partial charge in [0.25, 0.3) is 0 Å². The average Bonchev–Trinajstić information content (AvgIpc) is 3.12. The maximum atomic E-state index is 6.83. The molecule has 128 valence electrons. The second-order valence-electron chi connectivity index (χ2n) is 5.65. The van der Waals surface area contributed by atoms with Crippen LogP contribution in [0.5, 0.6) is 0 Å². The molecule has 26 heavy (non-hydrogen) atoms. The molecule has 4 N–H and O–H groups in total. The summed E-state index contributed by atoms with van der Waals surface area (Å²) in [4.78, 5) is 4.74. The summed E-state index contributed by atoms with van der Waals surface area (Å²) < 4.78 is 2.04. The van der Waals surface area contributed by atoms with Gasteiger partial charge in [-0.25, -0.2) is 4.98 Å². The summed E-state index contributed by atoms with van der Waals surface area (Å²) in [5.74, 6) is 0.864. The van der Waals surface area contributed by atoms with Gasteiger partial charge < -0.3 is 15.5 Å². The van der Waals surface area contributed by atoms with Crippen LogP contribution in [0.25, 0.3) is 16.6 Å². The summed E-state index contributed by atoms with van der Waals surface area (Å²) >= 11 is 6.07. The summed E-state index contributed by atoms with van der Waals surface area (Å²) in [6.45, 7) is 0. The minimum absolute atomic E-state index is 0.167.